The quantitative estimate of drug-likeness (QED) is 0.517. The van der Waals surface area contributed by atoms with Gasteiger partial charge in [-0.25, -0.2) is 9.97 Å². The summed E-state index contributed by atoms with van der Waals surface area (Å²) in [7, 11) is 1.93. The average molecular weight is 415 g/mol. The molecule has 1 N–H and O–H groups in total. The predicted octanol–water partition coefficient (Wildman–Crippen LogP) is 3.46. The molecule has 1 fully saturated rings. The van der Waals surface area contributed by atoms with Gasteiger partial charge >= 0.3 is 0 Å². The number of hydrogen-bond donors (Lipinski definition) is 1. The van der Waals surface area contributed by atoms with Crippen molar-refractivity contribution in [1.29, 1.82) is 0 Å². The fraction of sp³-hybridized carbons (Fsp3) is 0.375. The first-order valence-corrected chi connectivity index (χ1v) is 10.9. The number of benzene rings is 1. The van der Waals surface area contributed by atoms with Crippen molar-refractivity contribution in [2.45, 2.75) is 31.8 Å². The molecule has 5 heterocycles. The SMILES string of the molecule is Cc1nc2c(C(=O)N3CCC4(CC3)OCCc3c4[nH]c4ccccc34)ccnc2n1C. The van der Waals surface area contributed by atoms with Crippen LogP contribution in [0.5, 0.6) is 0 Å². The minimum atomic E-state index is -0.335. The van der Waals surface area contributed by atoms with Crippen LogP contribution < -0.4 is 0 Å². The van der Waals surface area contributed by atoms with Crippen LogP contribution in [0.25, 0.3) is 22.1 Å². The molecule has 1 aromatic carbocycles. The van der Waals surface area contributed by atoms with Crippen LogP contribution in [0.1, 0.15) is 40.3 Å². The van der Waals surface area contributed by atoms with E-state index >= 15 is 0 Å². The molecular formula is C24H25N5O2. The van der Waals surface area contributed by atoms with Gasteiger partial charge in [0.15, 0.2) is 5.65 Å². The summed E-state index contributed by atoms with van der Waals surface area (Å²) in [6.45, 7) is 3.96. The van der Waals surface area contributed by atoms with E-state index < -0.39 is 0 Å². The molecule has 0 bridgehead atoms. The lowest BCUT2D eigenvalue weighted by Gasteiger charge is -2.43. The molecule has 31 heavy (non-hydrogen) atoms. The van der Waals surface area contributed by atoms with Crippen LogP contribution in [0.15, 0.2) is 36.5 Å². The third-order valence-corrected chi connectivity index (χ3v) is 7.07. The number of carbonyl (C=O) groups is 1. The number of hydrogen-bond acceptors (Lipinski definition) is 4. The summed E-state index contributed by atoms with van der Waals surface area (Å²) in [6.07, 6.45) is 4.20. The molecule has 1 saturated heterocycles. The van der Waals surface area contributed by atoms with Gasteiger partial charge in [-0.05, 0) is 43.9 Å². The number of aryl methyl sites for hydroxylation is 2. The normalized spacial score (nSPS) is 18.1. The van der Waals surface area contributed by atoms with Crippen LogP contribution in [-0.4, -0.2) is 50.0 Å². The summed E-state index contributed by atoms with van der Waals surface area (Å²) in [5.41, 5.74) is 5.47. The van der Waals surface area contributed by atoms with E-state index in [0.29, 0.717) is 24.2 Å². The molecule has 7 heteroatoms. The highest BCUT2D eigenvalue weighted by Gasteiger charge is 2.43. The second-order valence-corrected chi connectivity index (χ2v) is 8.66. The second-order valence-electron chi connectivity index (χ2n) is 8.66. The van der Waals surface area contributed by atoms with Gasteiger partial charge < -0.3 is 19.2 Å². The Kier molecular flexibility index (Phi) is 3.99. The Morgan fingerprint density at radius 3 is 2.84 bits per heavy atom. The number of nitrogens with one attached hydrogen (secondary N) is 1. The smallest absolute Gasteiger partial charge is 0.256 e. The van der Waals surface area contributed by atoms with Gasteiger partial charge in [0.1, 0.15) is 16.9 Å². The Bertz CT molecular complexity index is 1330. The number of imidazole rings is 1. The van der Waals surface area contributed by atoms with E-state index in [-0.39, 0.29) is 11.5 Å². The predicted molar refractivity (Wildman–Crippen MR) is 118 cm³/mol. The number of H-pyrrole nitrogens is 1. The van der Waals surface area contributed by atoms with E-state index in [1.165, 1.54) is 22.2 Å². The summed E-state index contributed by atoms with van der Waals surface area (Å²) in [5, 5.41) is 1.29. The number of para-hydroxylation sites is 1. The lowest BCUT2D eigenvalue weighted by molar-refractivity contribution is -0.0957. The Morgan fingerprint density at radius 1 is 1.19 bits per heavy atom. The lowest BCUT2D eigenvalue weighted by Crippen LogP contribution is -2.48. The van der Waals surface area contributed by atoms with Crippen molar-refractivity contribution in [3.05, 3.63) is 59.2 Å². The van der Waals surface area contributed by atoms with Crippen LogP contribution in [0, 0.1) is 6.92 Å². The molecule has 1 spiro atoms. The molecule has 0 aliphatic carbocycles. The first kappa shape index (κ1) is 18.6. The first-order valence-electron chi connectivity index (χ1n) is 10.9. The summed E-state index contributed by atoms with van der Waals surface area (Å²) in [4.78, 5) is 28.0. The van der Waals surface area contributed by atoms with E-state index in [1.54, 1.807) is 12.3 Å². The molecular weight excluding hydrogens is 390 g/mol. The van der Waals surface area contributed by atoms with Gasteiger partial charge in [-0.2, -0.15) is 0 Å². The highest BCUT2D eigenvalue weighted by atomic mass is 16.5. The van der Waals surface area contributed by atoms with Crippen molar-refractivity contribution >= 4 is 28.0 Å². The highest BCUT2D eigenvalue weighted by molar-refractivity contribution is 6.04. The molecule has 2 aliphatic rings. The summed E-state index contributed by atoms with van der Waals surface area (Å²) in [6, 6.07) is 10.3. The molecule has 0 atom stereocenters. The van der Waals surface area contributed by atoms with Crippen molar-refractivity contribution in [2.75, 3.05) is 19.7 Å². The van der Waals surface area contributed by atoms with Crippen molar-refractivity contribution in [1.82, 2.24) is 24.4 Å². The number of nitrogens with zero attached hydrogens (tertiary/aromatic N) is 4. The zero-order chi connectivity index (χ0) is 21.2. The van der Waals surface area contributed by atoms with E-state index in [1.807, 2.05) is 23.4 Å². The molecule has 0 saturated carbocycles. The topological polar surface area (TPSA) is 76.0 Å². The Balaban J connectivity index is 1.30. The molecule has 7 nitrogen and oxygen atoms in total. The van der Waals surface area contributed by atoms with Crippen molar-refractivity contribution in [3.63, 3.8) is 0 Å². The van der Waals surface area contributed by atoms with Gasteiger partial charge in [0.2, 0.25) is 0 Å². The fourth-order valence-corrected chi connectivity index (χ4v) is 5.27. The third-order valence-electron chi connectivity index (χ3n) is 7.07. The number of likely N-dealkylation sites (tertiary alicyclic amines) is 1. The van der Waals surface area contributed by atoms with Crippen LogP contribution in [0.2, 0.25) is 0 Å². The number of rotatable bonds is 1. The monoisotopic (exact) mass is 415 g/mol. The van der Waals surface area contributed by atoms with Gasteiger partial charge in [-0.15, -0.1) is 0 Å². The zero-order valence-electron chi connectivity index (χ0n) is 17.8. The molecule has 158 valence electrons. The van der Waals surface area contributed by atoms with Crippen molar-refractivity contribution < 1.29 is 9.53 Å². The van der Waals surface area contributed by atoms with Crippen LogP contribution in [0.4, 0.5) is 0 Å². The Morgan fingerprint density at radius 2 is 2.00 bits per heavy atom. The van der Waals surface area contributed by atoms with Gasteiger partial charge in [-0.1, -0.05) is 18.2 Å². The number of amides is 1. The number of pyridine rings is 1. The molecule has 6 rings (SSSR count). The number of aromatic amines is 1. The molecule has 1 amide bonds. The maximum Gasteiger partial charge on any atom is 0.256 e. The standard InChI is InChI=1S/C24H25N5O2/c1-15-26-20-18(7-11-25-22(20)28(15)2)23(30)29-12-9-24(10-13-29)21-17(8-14-31-24)16-5-3-4-6-19(16)27-21/h3-7,11,27H,8-10,12-14H2,1-2H3. The molecule has 0 radical (unpaired) electrons. The number of fused-ring (bicyclic) bond motifs is 5. The van der Waals surface area contributed by atoms with Gasteiger partial charge in [0.25, 0.3) is 5.91 Å². The summed E-state index contributed by atoms with van der Waals surface area (Å²) in [5.74, 6) is 0.871. The van der Waals surface area contributed by atoms with Crippen LogP contribution >= 0.6 is 0 Å². The summed E-state index contributed by atoms with van der Waals surface area (Å²) >= 11 is 0. The van der Waals surface area contributed by atoms with Crippen LogP contribution in [0.3, 0.4) is 0 Å². The number of piperidine rings is 1. The highest BCUT2D eigenvalue weighted by Crippen LogP contribution is 2.43. The largest absolute Gasteiger partial charge is 0.368 e. The van der Waals surface area contributed by atoms with E-state index in [0.717, 1.165) is 37.3 Å². The van der Waals surface area contributed by atoms with Gasteiger partial charge in [0, 0.05) is 37.2 Å². The first-order chi connectivity index (χ1) is 15.1. The average Bonchev–Trinajstić information content (AvgIpc) is 3.32. The van der Waals surface area contributed by atoms with Crippen LogP contribution in [-0.2, 0) is 23.8 Å². The maximum absolute atomic E-state index is 13.4. The van der Waals surface area contributed by atoms with E-state index in [9.17, 15) is 4.79 Å². The van der Waals surface area contributed by atoms with Crippen molar-refractivity contribution in [2.24, 2.45) is 7.05 Å². The van der Waals surface area contributed by atoms with E-state index in [4.69, 9.17) is 4.74 Å². The second kappa shape index (κ2) is 6.65. The van der Waals surface area contributed by atoms with Gasteiger partial charge in [-0.3, -0.25) is 4.79 Å². The molecule has 2 aliphatic heterocycles. The van der Waals surface area contributed by atoms with Gasteiger partial charge in [0.05, 0.1) is 17.9 Å². The number of carbonyl (C=O) groups excluding carboxylic acids is 1. The molecule has 4 aromatic rings. The zero-order valence-corrected chi connectivity index (χ0v) is 17.8. The number of aromatic nitrogens is 4. The summed E-state index contributed by atoms with van der Waals surface area (Å²) < 4.78 is 8.31. The maximum atomic E-state index is 13.4. The van der Waals surface area contributed by atoms with Crippen molar-refractivity contribution in [3.8, 4) is 0 Å². The minimum absolute atomic E-state index is 0.0213. The Hall–Kier alpha value is -3.19. The fourth-order valence-electron chi connectivity index (χ4n) is 5.27. The molecule has 3 aromatic heterocycles. The number of ether oxygens (including phenoxy) is 1. The molecule has 0 unspecified atom stereocenters. The minimum Gasteiger partial charge on any atom is -0.368 e. The van der Waals surface area contributed by atoms with E-state index in [2.05, 4.69) is 39.2 Å². The third kappa shape index (κ3) is 2.66. The Labute approximate surface area is 180 Å². The lowest BCUT2D eigenvalue weighted by atomic mass is 9.83.